The van der Waals surface area contributed by atoms with Crippen LogP contribution < -0.4 is 9.64 Å². The van der Waals surface area contributed by atoms with E-state index in [1.807, 2.05) is 27.1 Å². The van der Waals surface area contributed by atoms with Gasteiger partial charge in [0, 0.05) is 68.5 Å². The van der Waals surface area contributed by atoms with Crippen LogP contribution in [0.3, 0.4) is 0 Å². The molecule has 4 aromatic rings. The summed E-state index contributed by atoms with van der Waals surface area (Å²) in [4.78, 5) is 20.4. The third kappa shape index (κ3) is 6.76. The molecule has 2 aromatic heterocycles. The maximum Gasteiger partial charge on any atom is 0.319 e. The number of benzene rings is 2. The molecule has 0 N–H and O–H groups in total. The Morgan fingerprint density at radius 1 is 1.16 bits per heavy atom. The highest BCUT2D eigenvalue weighted by atomic mass is 32.1. The van der Waals surface area contributed by atoms with Gasteiger partial charge in [0.25, 0.3) is 0 Å². The zero-order valence-corrected chi connectivity index (χ0v) is 35.5. The number of aryl methyl sites for hydroxylation is 1. The SMILES string of the molecule is Cc1cc2c(N3C[C@@H]4C[C@H](C3)[C@H](O[Si](C)(C)C(C)(C)C)C4)nc(OC[C@@]34CCCN3C[C@H](F)C4)nc2c(F)c1-c1ccc(F)c2sc(N=CN(C)C)c(C#N)c12. The molecule has 9 nitrogen and oxygen atoms in total. The van der Waals surface area contributed by atoms with Crippen LogP contribution in [0.1, 0.15) is 64.0 Å². The van der Waals surface area contributed by atoms with E-state index in [2.05, 4.69) is 54.7 Å². The molecule has 2 aromatic carbocycles. The van der Waals surface area contributed by atoms with E-state index in [4.69, 9.17) is 19.1 Å². The third-order valence-electron chi connectivity index (χ3n) is 13.1. The molecule has 0 radical (unpaired) electrons. The minimum atomic E-state index is -2.01. The lowest BCUT2D eigenvalue weighted by Crippen LogP contribution is -2.46. The smallest absolute Gasteiger partial charge is 0.319 e. The number of piperidine rings is 1. The molecule has 0 spiro atoms. The average molecular weight is 804 g/mol. The first-order chi connectivity index (χ1) is 26.5. The molecule has 56 heavy (non-hydrogen) atoms. The number of fused-ring (bicyclic) bond motifs is 5. The first-order valence-corrected chi connectivity index (χ1v) is 23.5. The molecule has 0 unspecified atom stereocenters. The number of nitrogens with zero attached hydrogens (tertiary/aromatic N) is 7. The largest absolute Gasteiger partial charge is 0.461 e. The van der Waals surface area contributed by atoms with Gasteiger partial charge in [0.15, 0.2) is 14.1 Å². The van der Waals surface area contributed by atoms with Crippen LogP contribution in [0.4, 0.5) is 24.0 Å². The molecule has 14 heteroatoms. The number of rotatable bonds is 9. The number of thiophene rings is 1. The Morgan fingerprint density at radius 2 is 1.95 bits per heavy atom. The molecule has 8 rings (SSSR count). The van der Waals surface area contributed by atoms with Crippen molar-refractivity contribution in [2.75, 3.05) is 51.8 Å². The van der Waals surface area contributed by atoms with Crippen molar-refractivity contribution < 1.29 is 22.3 Å². The van der Waals surface area contributed by atoms with E-state index < -0.39 is 31.7 Å². The monoisotopic (exact) mass is 803 g/mol. The highest BCUT2D eigenvalue weighted by molar-refractivity contribution is 7.23. The number of nitriles is 1. The fraction of sp³-hybridized carbons (Fsp3) is 0.571. The van der Waals surface area contributed by atoms with Crippen LogP contribution in [0.2, 0.25) is 18.1 Å². The van der Waals surface area contributed by atoms with Gasteiger partial charge in [-0.1, -0.05) is 26.8 Å². The Morgan fingerprint density at radius 3 is 2.68 bits per heavy atom. The van der Waals surface area contributed by atoms with E-state index in [9.17, 15) is 9.65 Å². The van der Waals surface area contributed by atoms with E-state index in [-0.39, 0.29) is 45.1 Å². The van der Waals surface area contributed by atoms with Crippen molar-refractivity contribution in [3.05, 3.63) is 41.0 Å². The molecule has 5 heterocycles. The fourth-order valence-electron chi connectivity index (χ4n) is 9.41. The molecule has 298 valence electrons. The standard InChI is InChI=1S/C42H52F3N7O2SSi/c1-24-14-29-36(35(45)33(24)28-10-11-31(44)37-34(28)30(18-46)39(55-37)47-23-50(5)6)48-40(53-22-42-12-9-13-52(42)21-27(43)17-42)49-38(29)51-19-25-15-26(20-51)32(16-25)54-56(7,8)41(2,3)4/h10-11,14,23,25-27,32H,9,12-13,15-17,19-22H2,1-8H3/t25-,26-,27-,32-,42+/m1/s1. The minimum Gasteiger partial charge on any atom is -0.461 e. The van der Waals surface area contributed by atoms with Gasteiger partial charge in [-0.05, 0) is 86.5 Å². The number of anilines is 1. The van der Waals surface area contributed by atoms with Gasteiger partial charge in [0.05, 0.1) is 22.1 Å². The van der Waals surface area contributed by atoms with Crippen LogP contribution in [0.15, 0.2) is 23.2 Å². The predicted molar refractivity (Wildman–Crippen MR) is 221 cm³/mol. The summed E-state index contributed by atoms with van der Waals surface area (Å²) in [5, 5.41) is 11.7. The highest BCUT2D eigenvalue weighted by Gasteiger charge is 2.50. The second kappa shape index (κ2) is 14.3. The predicted octanol–water partition coefficient (Wildman–Crippen LogP) is 9.38. The summed E-state index contributed by atoms with van der Waals surface area (Å²) < 4.78 is 61.4. The Kier molecular flexibility index (Phi) is 9.94. The molecule has 3 saturated heterocycles. The fourth-order valence-corrected chi connectivity index (χ4v) is 11.8. The first kappa shape index (κ1) is 39.1. The Labute approximate surface area is 332 Å². The van der Waals surface area contributed by atoms with Gasteiger partial charge >= 0.3 is 6.01 Å². The van der Waals surface area contributed by atoms with Crippen LogP contribution in [0, 0.1) is 41.7 Å². The minimum absolute atomic E-state index is 0.0505. The topological polar surface area (TPSA) is 90.1 Å². The average Bonchev–Trinajstić information content (AvgIpc) is 3.85. The molecular formula is C42H52F3N7O2SSi. The molecular weight excluding hydrogens is 752 g/mol. The van der Waals surface area contributed by atoms with Crippen molar-refractivity contribution in [1.29, 1.82) is 5.26 Å². The van der Waals surface area contributed by atoms with Gasteiger partial charge in [-0.3, -0.25) is 4.90 Å². The summed E-state index contributed by atoms with van der Waals surface area (Å²) in [5.74, 6) is 0.199. The van der Waals surface area contributed by atoms with E-state index in [0.29, 0.717) is 64.1 Å². The van der Waals surface area contributed by atoms with Crippen LogP contribution in [-0.4, -0.2) is 99.1 Å². The summed E-state index contributed by atoms with van der Waals surface area (Å²) in [6.45, 7) is 16.1. The Bertz CT molecular complexity index is 2270. The number of aliphatic imine (C=N–C) groups is 1. The lowest BCUT2D eigenvalue weighted by molar-refractivity contribution is 0.107. The molecule has 4 fully saturated rings. The number of alkyl halides is 1. The maximum atomic E-state index is 17.6. The molecule has 1 aliphatic carbocycles. The van der Waals surface area contributed by atoms with Crippen molar-refractivity contribution in [2.24, 2.45) is 16.8 Å². The maximum absolute atomic E-state index is 17.6. The van der Waals surface area contributed by atoms with Gasteiger partial charge in [0.2, 0.25) is 0 Å². The van der Waals surface area contributed by atoms with Gasteiger partial charge in [0.1, 0.15) is 41.0 Å². The Hall–Kier alpha value is -3.77. The number of halogens is 3. The lowest BCUT2D eigenvalue weighted by Gasteiger charge is -2.40. The van der Waals surface area contributed by atoms with E-state index in [0.717, 1.165) is 50.1 Å². The quantitative estimate of drug-likeness (QED) is 0.0940. The molecule has 0 amide bonds. The zero-order valence-electron chi connectivity index (χ0n) is 33.7. The second-order valence-electron chi connectivity index (χ2n) is 18.3. The van der Waals surface area contributed by atoms with Crippen molar-refractivity contribution in [1.82, 2.24) is 19.8 Å². The van der Waals surface area contributed by atoms with E-state index in [1.165, 1.54) is 12.1 Å². The van der Waals surface area contributed by atoms with Gasteiger partial charge in [-0.2, -0.15) is 15.2 Å². The van der Waals surface area contributed by atoms with Gasteiger partial charge in [-0.15, -0.1) is 11.3 Å². The van der Waals surface area contributed by atoms with Crippen molar-refractivity contribution in [3.8, 4) is 23.2 Å². The van der Waals surface area contributed by atoms with Crippen LogP contribution >= 0.6 is 11.3 Å². The molecule has 1 saturated carbocycles. The summed E-state index contributed by atoms with van der Waals surface area (Å²) >= 11 is 1.07. The van der Waals surface area contributed by atoms with Gasteiger partial charge < -0.3 is 19.0 Å². The first-order valence-electron chi connectivity index (χ1n) is 19.8. The van der Waals surface area contributed by atoms with E-state index >= 15 is 8.78 Å². The number of aromatic nitrogens is 2. The van der Waals surface area contributed by atoms with Gasteiger partial charge in [-0.25, -0.2) is 18.2 Å². The normalized spacial score (nSPS) is 25.5. The summed E-state index contributed by atoms with van der Waals surface area (Å²) in [6, 6.07) is 7.03. The molecule has 4 aliphatic rings. The highest BCUT2D eigenvalue weighted by Crippen LogP contribution is 2.49. The van der Waals surface area contributed by atoms with Crippen molar-refractivity contribution in [3.63, 3.8) is 0 Å². The molecule has 5 atom stereocenters. The van der Waals surface area contributed by atoms with Crippen molar-refractivity contribution in [2.45, 2.75) is 95.7 Å². The number of hydrogen-bond acceptors (Lipinski definition) is 9. The zero-order chi connectivity index (χ0) is 39.9. The van der Waals surface area contributed by atoms with Crippen molar-refractivity contribution >= 4 is 57.8 Å². The van der Waals surface area contributed by atoms with Crippen LogP contribution in [0.5, 0.6) is 6.01 Å². The molecule has 3 aliphatic heterocycles. The van der Waals surface area contributed by atoms with E-state index in [1.54, 1.807) is 11.2 Å². The summed E-state index contributed by atoms with van der Waals surface area (Å²) in [7, 11) is 1.60. The Balaban J connectivity index is 1.24. The summed E-state index contributed by atoms with van der Waals surface area (Å²) in [5.41, 5.74) is 1.06. The summed E-state index contributed by atoms with van der Waals surface area (Å²) in [6.07, 6.45) is 5.01. The number of hydrogen-bond donors (Lipinski definition) is 0. The second-order valence-corrected chi connectivity index (χ2v) is 24.0. The third-order valence-corrected chi connectivity index (χ3v) is 18.7. The van der Waals surface area contributed by atoms with Crippen LogP contribution in [-0.2, 0) is 4.43 Å². The van der Waals surface area contributed by atoms with Crippen LogP contribution in [0.25, 0.3) is 32.1 Å². The molecule has 2 bridgehead atoms. The number of ether oxygens (including phenoxy) is 1. The lowest BCUT2D eigenvalue weighted by atomic mass is 9.93.